The molecule has 0 saturated heterocycles. The number of aromatic amines is 2. The van der Waals surface area contributed by atoms with E-state index in [1.807, 2.05) is 52.0 Å². The molecule has 0 spiro atoms. The zero-order valence-corrected chi connectivity index (χ0v) is 24.8. The number of oxime groups is 1. The van der Waals surface area contributed by atoms with Gasteiger partial charge >= 0.3 is 0 Å². The van der Waals surface area contributed by atoms with Crippen molar-refractivity contribution in [2.24, 2.45) is 17.0 Å². The third kappa shape index (κ3) is 6.03. The highest BCUT2D eigenvalue weighted by Gasteiger charge is 2.28. The van der Waals surface area contributed by atoms with Gasteiger partial charge in [0.25, 0.3) is 0 Å². The summed E-state index contributed by atoms with van der Waals surface area (Å²) in [5, 5.41) is 21.3. The number of H-pyrrole nitrogens is 2. The number of hydrogen-bond acceptors (Lipinski definition) is 5. The van der Waals surface area contributed by atoms with Gasteiger partial charge in [-0.3, -0.25) is 9.59 Å². The van der Waals surface area contributed by atoms with Crippen molar-refractivity contribution < 1.29 is 14.4 Å². The molecule has 9 nitrogen and oxygen atoms in total. The van der Waals surface area contributed by atoms with Crippen LogP contribution in [0, 0.1) is 23.2 Å². The number of benzene rings is 2. The van der Waals surface area contributed by atoms with E-state index in [-0.39, 0.29) is 35.7 Å². The van der Waals surface area contributed by atoms with Gasteiger partial charge in [-0.2, -0.15) is 5.26 Å². The molecule has 4 aromatic rings. The normalized spacial score (nSPS) is 17.3. The lowest BCUT2D eigenvalue weighted by molar-refractivity contribution is -0.125. The van der Waals surface area contributed by atoms with Crippen molar-refractivity contribution in [1.29, 1.82) is 5.26 Å². The molecule has 2 aromatic heterocycles. The molecule has 218 valence electrons. The molecular weight excluding hydrogens is 528 g/mol. The van der Waals surface area contributed by atoms with Crippen LogP contribution in [-0.2, 0) is 40.1 Å². The average molecular weight is 567 g/mol. The molecular formula is C33H38N6O3. The fourth-order valence-corrected chi connectivity index (χ4v) is 5.77. The second kappa shape index (κ2) is 12.1. The first-order chi connectivity index (χ1) is 20.2. The van der Waals surface area contributed by atoms with Gasteiger partial charge in [-0.25, -0.2) is 0 Å². The van der Waals surface area contributed by atoms with Crippen LogP contribution in [-0.4, -0.2) is 47.2 Å². The van der Waals surface area contributed by atoms with Gasteiger partial charge in [0.2, 0.25) is 11.8 Å². The summed E-state index contributed by atoms with van der Waals surface area (Å²) in [5.41, 5.74) is 8.84. The molecule has 2 unspecified atom stereocenters. The first-order valence-corrected chi connectivity index (χ1v) is 14.5. The van der Waals surface area contributed by atoms with Crippen LogP contribution in [0.5, 0.6) is 0 Å². The maximum atomic E-state index is 11.9. The Hall–Kier alpha value is -4.58. The number of aromatic nitrogens is 2. The van der Waals surface area contributed by atoms with Crippen LogP contribution >= 0.6 is 0 Å². The Morgan fingerprint density at radius 1 is 0.881 bits per heavy atom. The van der Waals surface area contributed by atoms with Gasteiger partial charge in [0.1, 0.15) is 7.11 Å². The number of carbonyl (C=O) groups excluding carboxylic acids is 2. The van der Waals surface area contributed by atoms with Crippen LogP contribution in [0.3, 0.4) is 0 Å². The summed E-state index contributed by atoms with van der Waals surface area (Å²) in [6.07, 6.45) is 5.11. The van der Waals surface area contributed by atoms with Crippen LogP contribution in [0.4, 0.5) is 0 Å². The van der Waals surface area contributed by atoms with Crippen LogP contribution in [0.15, 0.2) is 41.6 Å². The highest BCUT2D eigenvalue weighted by Crippen LogP contribution is 2.32. The second-order valence-corrected chi connectivity index (χ2v) is 11.8. The summed E-state index contributed by atoms with van der Waals surface area (Å²) < 4.78 is 0. The van der Waals surface area contributed by atoms with Gasteiger partial charge in [0, 0.05) is 70.0 Å². The highest BCUT2D eigenvalue weighted by molar-refractivity contribution is 5.92. The van der Waals surface area contributed by atoms with E-state index in [2.05, 4.69) is 44.0 Å². The Bertz CT molecular complexity index is 1700. The Balaban J connectivity index is 0.000000169. The fraction of sp³-hybridized carbons (Fsp3) is 0.394. The molecule has 0 saturated carbocycles. The predicted octanol–water partition coefficient (Wildman–Crippen LogP) is 4.67. The lowest BCUT2D eigenvalue weighted by Crippen LogP contribution is -2.38. The number of nitrogens with zero attached hydrogens (tertiary/aromatic N) is 2. The zero-order chi connectivity index (χ0) is 30.0. The second-order valence-electron chi connectivity index (χ2n) is 11.8. The van der Waals surface area contributed by atoms with E-state index in [9.17, 15) is 9.59 Å². The average Bonchev–Trinajstić information content (AvgIpc) is 3.71. The molecule has 2 aliphatic carbocycles. The molecule has 6 rings (SSSR count). The van der Waals surface area contributed by atoms with Gasteiger partial charge < -0.3 is 25.4 Å². The number of amides is 2. The Morgan fingerprint density at radius 3 is 1.90 bits per heavy atom. The van der Waals surface area contributed by atoms with Gasteiger partial charge in [0.15, 0.2) is 0 Å². The van der Waals surface area contributed by atoms with Gasteiger partial charge in [-0.15, -0.1) is 0 Å². The van der Waals surface area contributed by atoms with Crippen molar-refractivity contribution in [3.05, 3.63) is 70.0 Å². The van der Waals surface area contributed by atoms with Crippen molar-refractivity contribution in [3.8, 4) is 6.07 Å². The molecule has 2 amide bonds. The summed E-state index contributed by atoms with van der Waals surface area (Å²) >= 11 is 0. The van der Waals surface area contributed by atoms with Crippen molar-refractivity contribution in [3.63, 3.8) is 0 Å². The molecule has 2 atom stereocenters. The summed E-state index contributed by atoms with van der Waals surface area (Å²) in [4.78, 5) is 35.2. The van der Waals surface area contributed by atoms with E-state index in [1.165, 1.54) is 35.0 Å². The third-order valence-electron chi connectivity index (χ3n) is 7.99. The maximum Gasteiger partial charge on any atom is 0.222 e. The minimum absolute atomic E-state index is 0.0101. The zero-order valence-electron chi connectivity index (χ0n) is 24.8. The number of fused-ring (bicyclic) bond motifs is 6. The van der Waals surface area contributed by atoms with Crippen LogP contribution in [0.1, 0.15) is 61.3 Å². The largest absolute Gasteiger partial charge is 0.399 e. The minimum atomic E-state index is 0.0101. The lowest BCUT2D eigenvalue weighted by atomic mass is 10.1. The molecule has 0 radical (unpaired) electrons. The minimum Gasteiger partial charge on any atom is -0.399 e. The number of carbonyl (C=O) groups is 2. The van der Waals surface area contributed by atoms with E-state index in [1.54, 1.807) is 6.21 Å². The third-order valence-corrected chi connectivity index (χ3v) is 7.99. The molecule has 2 aromatic carbocycles. The standard InChI is InChI=1S/C17H21N3O2.C16H17N3O/c1-10(2)17(21)19-12-7-14-13-6-11(9-18-22-3)4-5-15(13)20-16(14)8-12;1-9(2)16(20)18-11-6-13-12-5-10(8-17)3-4-14(12)19-15(13)7-11/h4-6,9-10,12,20H,7-8H2,1-3H3,(H,19,21);3-5,9,11,19H,6-7H2,1-2H3,(H,18,20). The number of nitriles is 1. The molecule has 0 aliphatic heterocycles. The molecule has 0 fully saturated rings. The van der Waals surface area contributed by atoms with Crippen LogP contribution in [0.2, 0.25) is 0 Å². The number of nitrogens with one attached hydrogen (secondary N) is 4. The Morgan fingerprint density at radius 2 is 1.40 bits per heavy atom. The molecule has 0 bridgehead atoms. The van der Waals surface area contributed by atoms with E-state index >= 15 is 0 Å². The first-order valence-electron chi connectivity index (χ1n) is 14.5. The van der Waals surface area contributed by atoms with E-state index in [4.69, 9.17) is 10.1 Å². The molecule has 9 heteroatoms. The van der Waals surface area contributed by atoms with Gasteiger partial charge in [0.05, 0.1) is 17.8 Å². The van der Waals surface area contributed by atoms with Gasteiger partial charge in [-0.1, -0.05) is 38.9 Å². The van der Waals surface area contributed by atoms with Crippen molar-refractivity contribution >= 4 is 39.8 Å². The van der Waals surface area contributed by atoms with E-state index in [0.29, 0.717) is 5.56 Å². The Kier molecular flexibility index (Phi) is 8.34. The fourth-order valence-electron chi connectivity index (χ4n) is 5.77. The topological polar surface area (TPSA) is 135 Å². The van der Waals surface area contributed by atoms with Crippen LogP contribution in [0.25, 0.3) is 21.8 Å². The SMILES string of the molecule is CC(C)C(=O)NC1Cc2[nH]c3ccc(C#N)cc3c2C1.CON=Cc1ccc2[nH]c3c(c2c1)CC(NC(=O)C(C)C)C3. The smallest absolute Gasteiger partial charge is 0.222 e. The lowest BCUT2D eigenvalue weighted by Gasteiger charge is -2.14. The van der Waals surface area contributed by atoms with Crippen molar-refractivity contribution in [2.75, 3.05) is 7.11 Å². The number of rotatable bonds is 6. The van der Waals surface area contributed by atoms with E-state index in [0.717, 1.165) is 47.7 Å². The summed E-state index contributed by atoms with van der Waals surface area (Å²) in [5.74, 6) is 0.248. The number of hydrogen-bond donors (Lipinski definition) is 4. The molecule has 4 N–H and O–H groups in total. The summed E-state index contributed by atoms with van der Waals surface area (Å²) in [6, 6.07) is 14.4. The molecule has 2 heterocycles. The van der Waals surface area contributed by atoms with Crippen molar-refractivity contribution in [1.82, 2.24) is 20.6 Å². The highest BCUT2D eigenvalue weighted by atomic mass is 16.6. The predicted molar refractivity (Wildman–Crippen MR) is 164 cm³/mol. The Labute approximate surface area is 245 Å². The summed E-state index contributed by atoms with van der Waals surface area (Å²) in [7, 11) is 1.53. The van der Waals surface area contributed by atoms with Gasteiger partial charge in [-0.05, 0) is 59.9 Å². The van der Waals surface area contributed by atoms with Crippen molar-refractivity contribution in [2.45, 2.75) is 65.5 Å². The molecule has 2 aliphatic rings. The maximum absolute atomic E-state index is 11.9. The monoisotopic (exact) mass is 566 g/mol. The molecule has 42 heavy (non-hydrogen) atoms. The quantitative estimate of drug-likeness (QED) is 0.199. The van der Waals surface area contributed by atoms with E-state index < -0.39 is 0 Å². The first kappa shape index (κ1) is 28.9. The van der Waals surface area contributed by atoms with Crippen LogP contribution < -0.4 is 10.6 Å². The summed E-state index contributed by atoms with van der Waals surface area (Å²) in [6.45, 7) is 7.64.